The minimum absolute atomic E-state index is 0.130. The van der Waals surface area contributed by atoms with E-state index < -0.39 is 34.3 Å². The highest BCUT2D eigenvalue weighted by atomic mass is 32.2. The Morgan fingerprint density at radius 2 is 1.93 bits per heavy atom. The number of hydrogen-bond acceptors (Lipinski definition) is 5. The molecule has 1 unspecified atom stereocenters. The fraction of sp³-hybridized carbons (Fsp3) is 0.250. The zero-order valence-electron chi connectivity index (χ0n) is 15.9. The molecule has 158 valence electrons. The Labute approximate surface area is 173 Å². The maximum atomic E-state index is 13.8. The van der Waals surface area contributed by atoms with Gasteiger partial charge in [-0.1, -0.05) is 23.9 Å². The van der Waals surface area contributed by atoms with Gasteiger partial charge in [-0.05, 0) is 37.6 Å². The van der Waals surface area contributed by atoms with Crippen LogP contribution in [0.3, 0.4) is 0 Å². The molecule has 2 N–H and O–H groups in total. The Bertz CT molecular complexity index is 1150. The van der Waals surface area contributed by atoms with Crippen molar-refractivity contribution >= 4 is 34.3 Å². The van der Waals surface area contributed by atoms with Gasteiger partial charge < -0.3 is 10.4 Å². The molecule has 30 heavy (non-hydrogen) atoms. The Morgan fingerprint density at radius 1 is 1.20 bits per heavy atom. The number of hydrogen-bond donors (Lipinski definition) is 2. The first-order valence-electron chi connectivity index (χ1n) is 9.05. The molecule has 6 nitrogen and oxygen atoms in total. The summed E-state index contributed by atoms with van der Waals surface area (Å²) >= 11 is 0.958. The number of fused-ring (bicyclic) bond motifs is 1. The van der Waals surface area contributed by atoms with E-state index in [1.807, 2.05) is 0 Å². The minimum atomic E-state index is -1.68. The van der Waals surface area contributed by atoms with Crippen LogP contribution in [-0.4, -0.2) is 32.4 Å². The van der Waals surface area contributed by atoms with Gasteiger partial charge in [0.05, 0.1) is 21.8 Å². The second-order valence-corrected chi connectivity index (χ2v) is 7.73. The largest absolute Gasteiger partial charge is 0.396 e. The summed E-state index contributed by atoms with van der Waals surface area (Å²) in [6, 6.07) is 8.37. The summed E-state index contributed by atoms with van der Waals surface area (Å²) in [4.78, 5) is 29.7. The summed E-state index contributed by atoms with van der Waals surface area (Å²) in [6.45, 7) is 1.58. The number of carbonyl (C=O) groups excluding carboxylic acids is 1. The van der Waals surface area contributed by atoms with E-state index in [0.29, 0.717) is 23.4 Å². The molecule has 1 aromatic heterocycles. The zero-order chi connectivity index (χ0) is 21.8. The number of carbonyl (C=O) groups is 1. The molecule has 10 heteroatoms. The molecule has 0 saturated heterocycles. The molecule has 0 spiro atoms. The molecule has 0 radical (unpaired) electrons. The summed E-state index contributed by atoms with van der Waals surface area (Å²) in [5.74, 6) is -5.21. The average molecular weight is 437 g/mol. The highest BCUT2D eigenvalue weighted by molar-refractivity contribution is 8.00. The van der Waals surface area contributed by atoms with Gasteiger partial charge in [0.2, 0.25) is 5.91 Å². The summed E-state index contributed by atoms with van der Waals surface area (Å²) < 4.78 is 41.6. The molecule has 0 saturated carbocycles. The first-order valence-corrected chi connectivity index (χ1v) is 9.93. The van der Waals surface area contributed by atoms with Gasteiger partial charge in [0.15, 0.2) is 22.6 Å². The number of amides is 1. The van der Waals surface area contributed by atoms with E-state index >= 15 is 0 Å². The van der Waals surface area contributed by atoms with Gasteiger partial charge in [-0.3, -0.25) is 14.2 Å². The van der Waals surface area contributed by atoms with Crippen molar-refractivity contribution in [3.8, 4) is 0 Å². The molecular formula is C20H18F3N3O3S. The van der Waals surface area contributed by atoms with Crippen LogP contribution in [0.5, 0.6) is 0 Å². The highest BCUT2D eigenvalue weighted by Crippen LogP contribution is 2.25. The van der Waals surface area contributed by atoms with Crippen molar-refractivity contribution in [1.29, 1.82) is 0 Å². The number of aromatic nitrogens is 2. The van der Waals surface area contributed by atoms with E-state index in [-0.39, 0.29) is 23.9 Å². The quantitative estimate of drug-likeness (QED) is 0.337. The number of halogens is 3. The summed E-state index contributed by atoms with van der Waals surface area (Å²) in [7, 11) is 0. The number of nitrogens with zero attached hydrogens (tertiary/aromatic N) is 2. The molecular weight excluding hydrogens is 419 g/mol. The molecule has 1 atom stereocenters. The second kappa shape index (κ2) is 9.31. The monoisotopic (exact) mass is 437 g/mol. The molecule has 2 aromatic carbocycles. The number of aliphatic hydroxyl groups is 1. The number of para-hydroxylation sites is 1. The maximum absolute atomic E-state index is 13.8. The van der Waals surface area contributed by atoms with E-state index in [2.05, 4.69) is 10.3 Å². The third-order valence-corrected chi connectivity index (χ3v) is 5.40. The first-order chi connectivity index (χ1) is 14.3. The Morgan fingerprint density at radius 3 is 2.67 bits per heavy atom. The molecule has 1 heterocycles. The number of thioether (sulfide) groups is 1. The van der Waals surface area contributed by atoms with Crippen molar-refractivity contribution in [2.24, 2.45) is 0 Å². The number of anilines is 1. The molecule has 0 fully saturated rings. The number of benzene rings is 2. The first kappa shape index (κ1) is 21.8. The average Bonchev–Trinajstić information content (AvgIpc) is 2.74. The van der Waals surface area contributed by atoms with E-state index in [9.17, 15) is 22.8 Å². The summed E-state index contributed by atoms with van der Waals surface area (Å²) in [5, 5.41) is 11.2. The third-order valence-electron chi connectivity index (χ3n) is 4.31. The normalized spacial score (nSPS) is 12.2. The molecule has 3 rings (SSSR count). The van der Waals surface area contributed by atoms with Crippen LogP contribution in [0.15, 0.2) is 46.3 Å². The lowest BCUT2D eigenvalue weighted by atomic mass is 10.2. The topological polar surface area (TPSA) is 84.2 Å². The van der Waals surface area contributed by atoms with Crippen LogP contribution < -0.4 is 10.9 Å². The Hall–Kier alpha value is -2.85. The van der Waals surface area contributed by atoms with E-state index in [1.54, 1.807) is 24.3 Å². The number of nitrogens with one attached hydrogen (secondary N) is 1. The molecule has 0 bridgehead atoms. The number of rotatable bonds is 7. The highest BCUT2D eigenvalue weighted by Gasteiger charge is 2.22. The fourth-order valence-corrected chi connectivity index (χ4v) is 3.67. The SMILES string of the molecule is CC(Sc1nc2ccccc2c(=O)n1CCCO)C(=O)Nc1ccc(F)c(F)c1F. The van der Waals surface area contributed by atoms with Crippen LogP contribution in [0.1, 0.15) is 13.3 Å². The smallest absolute Gasteiger partial charge is 0.262 e. The predicted octanol–water partition coefficient (Wildman–Crippen LogP) is 3.32. The van der Waals surface area contributed by atoms with Gasteiger partial charge in [-0.25, -0.2) is 18.2 Å². The van der Waals surface area contributed by atoms with Gasteiger partial charge in [-0.2, -0.15) is 0 Å². The zero-order valence-corrected chi connectivity index (χ0v) is 16.7. The summed E-state index contributed by atoms with van der Waals surface area (Å²) in [6.07, 6.45) is 0.314. The predicted molar refractivity (Wildman–Crippen MR) is 108 cm³/mol. The van der Waals surface area contributed by atoms with E-state index in [4.69, 9.17) is 5.11 Å². The lowest BCUT2D eigenvalue weighted by Gasteiger charge is -2.16. The van der Waals surface area contributed by atoms with E-state index in [1.165, 1.54) is 11.5 Å². The van der Waals surface area contributed by atoms with Crippen molar-refractivity contribution in [2.45, 2.75) is 30.3 Å². The number of aliphatic hydroxyl groups excluding tert-OH is 1. The van der Waals surface area contributed by atoms with Crippen LogP contribution in [0.25, 0.3) is 10.9 Å². The van der Waals surface area contributed by atoms with Crippen molar-refractivity contribution in [1.82, 2.24) is 9.55 Å². The Balaban J connectivity index is 1.88. The van der Waals surface area contributed by atoms with Gasteiger partial charge in [0.1, 0.15) is 0 Å². The van der Waals surface area contributed by atoms with Crippen LogP contribution in [-0.2, 0) is 11.3 Å². The lowest BCUT2D eigenvalue weighted by molar-refractivity contribution is -0.115. The van der Waals surface area contributed by atoms with Crippen LogP contribution in [0, 0.1) is 17.5 Å². The van der Waals surface area contributed by atoms with Crippen LogP contribution in [0.4, 0.5) is 18.9 Å². The van der Waals surface area contributed by atoms with Crippen LogP contribution >= 0.6 is 11.8 Å². The van der Waals surface area contributed by atoms with Crippen molar-refractivity contribution in [3.63, 3.8) is 0 Å². The molecule has 1 amide bonds. The van der Waals surface area contributed by atoms with E-state index in [0.717, 1.165) is 17.8 Å². The molecule has 3 aromatic rings. The van der Waals surface area contributed by atoms with Gasteiger partial charge in [0, 0.05) is 13.2 Å². The lowest BCUT2D eigenvalue weighted by Crippen LogP contribution is -2.27. The molecule has 0 aliphatic carbocycles. The summed E-state index contributed by atoms with van der Waals surface area (Å²) in [5.41, 5.74) is -0.351. The standard InChI is InChI=1S/C20H18F3N3O3S/c1-11(18(28)24-15-8-7-13(21)16(22)17(15)23)30-20-25-14-6-3-2-5-12(14)19(29)26(20)9-4-10-27/h2-3,5-8,11,27H,4,9-10H2,1H3,(H,24,28). The second-order valence-electron chi connectivity index (χ2n) is 6.42. The van der Waals surface area contributed by atoms with Crippen molar-refractivity contribution in [2.75, 3.05) is 11.9 Å². The minimum Gasteiger partial charge on any atom is -0.396 e. The molecule has 0 aliphatic rings. The fourth-order valence-electron chi connectivity index (χ4n) is 2.73. The van der Waals surface area contributed by atoms with Gasteiger partial charge >= 0.3 is 0 Å². The Kier molecular flexibility index (Phi) is 6.78. The van der Waals surface area contributed by atoms with Crippen LogP contribution in [0.2, 0.25) is 0 Å². The van der Waals surface area contributed by atoms with Crippen molar-refractivity contribution < 1.29 is 23.1 Å². The maximum Gasteiger partial charge on any atom is 0.262 e. The van der Waals surface area contributed by atoms with Gasteiger partial charge in [-0.15, -0.1) is 0 Å². The molecule has 0 aliphatic heterocycles. The van der Waals surface area contributed by atoms with Gasteiger partial charge in [0.25, 0.3) is 5.56 Å². The third kappa shape index (κ3) is 4.49. The van der Waals surface area contributed by atoms with Crippen molar-refractivity contribution in [3.05, 3.63) is 64.2 Å².